The zero-order valence-electron chi connectivity index (χ0n) is 10.8. The Bertz CT molecular complexity index is 729. The summed E-state index contributed by atoms with van der Waals surface area (Å²) in [5, 5.41) is 16.3. The Morgan fingerprint density at radius 3 is 2.70 bits per heavy atom. The summed E-state index contributed by atoms with van der Waals surface area (Å²) in [6.45, 7) is 1.87. The van der Waals surface area contributed by atoms with Gasteiger partial charge in [-0.15, -0.1) is 0 Å². The summed E-state index contributed by atoms with van der Waals surface area (Å²) in [5.41, 5.74) is 2.97. The molecule has 3 N–H and O–H groups in total. The monoisotopic (exact) mass is 267 g/mol. The van der Waals surface area contributed by atoms with Gasteiger partial charge in [-0.05, 0) is 6.92 Å². The predicted octanol–water partition coefficient (Wildman–Crippen LogP) is 2.36. The fourth-order valence-corrected chi connectivity index (χ4v) is 1.95. The molecule has 0 aliphatic rings. The fraction of sp³-hybridized carbons (Fsp3) is 0.0714. The van der Waals surface area contributed by atoms with Crippen LogP contribution in [0.4, 0.5) is 5.82 Å². The highest BCUT2D eigenvalue weighted by Crippen LogP contribution is 2.21. The molecular weight excluding hydrogens is 254 g/mol. The van der Waals surface area contributed by atoms with Crippen LogP contribution in [0.3, 0.4) is 0 Å². The van der Waals surface area contributed by atoms with E-state index >= 15 is 0 Å². The van der Waals surface area contributed by atoms with Crippen LogP contribution in [0.1, 0.15) is 16.1 Å². The number of H-pyrrole nitrogens is 2. The van der Waals surface area contributed by atoms with Gasteiger partial charge in [-0.2, -0.15) is 10.2 Å². The van der Waals surface area contributed by atoms with Crippen LogP contribution in [0.25, 0.3) is 11.3 Å². The van der Waals surface area contributed by atoms with Crippen molar-refractivity contribution >= 4 is 11.7 Å². The van der Waals surface area contributed by atoms with E-state index in [4.69, 9.17) is 0 Å². The molecule has 6 nitrogen and oxygen atoms in total. The number of anilines is 1. The van der Waals surface area contributed by atoms with Gasteiger partial charge in [-0.1, -0.05) is 30.3 Å². The summed E-state index contributed by atoms with van der Waals surface area (Å²) in [7, 11) is 0. The van der Waals surface area contributed by atoms with Crippen molar-refractivity contribution in [3.63, 3.8) is 0 Å². The summed E-state index contributed by atoms with van der Waals surface area (Å²) in [6, 6.07) is 11.3. The molecule has 2 heterocycles. The molecule has 3 aromatic rings. The fourth-order valence-electron chi connectivity index (χ4n) is 1.95. The molecule has 0 bridgehead atoms. The van der Waals surface area contributed by atoms with Gasteiger partial charge in [0.15, 0.2) is 5.82 Å². The van der Waals surface area contributed by atoms with E-state index in [1.807, 2.05) is 37.3 Å². The highest BCUT2D eigenvalue weighted by molar-refractivity contribution is 6.07. The summed E-state index contributed by atoms with van der Waals surface area (Å²) in [4.78, 5) is 12.3. The average Bonchev–Trinajstić information content (AvgIpc) is 3.09. The smallest absolute Gasteiger partial charge is 0.260 e. The van der Waals surface area contributed by atoms with Crippen molar-refractivity contribution in [2.24, 2.45) is 0 Å². The summed E-state index contributed by atoms with van der Waals surface area (Å²) in [5.74, 6) is 0.247. The molecule has 0 unspecified atom stereocenters. The normalized spacial score (nSPS) is 10.4. The van der Waals surface area contributed by atoms with Crippen LogP contribution < -0.4 is 5.32 Å². The quantitative estimate of drug-likeness (QED) is 0.680. The SMILES string of the molecule is Cc1cc(NC(=O)c2cn[nH]c2-c2ccccc2)n[nH]1. The highest BCUT2D eigenvalue weighted by Gasteiger charge is 2.15. The van der Waals surface area contributed by atoms with Gasteiger partial charge in [-0.3, -0.25) is 15.0 Å². The number of hydrogen-bond acceptors (Lipinski definition) is 3. The van der Waals surface area contributed by atoms with Crippen LogP contribution in [0.5, 0.6) is 0 Å². The number of nitrogens with zero attached hydrogens (tertiary/aromatic N) is 2. The van der Waals surface area contributed by atoms with Gasteiger partial charge < -0.3 is 5.32 Å². The van der Waals surface area contributed by atoms with E-state index in [9.17, 15) is 4.79 Å². The van der Waals surface area contributed by atoms with E-state index in [2.05, 4.69) is 25.7 Å². The molecule has 0 radical (unpaired) electrons. The maximum Gasteiger partial charge on any atom is 0.260 e. The van der Waals surface area contributed by atoms with Gasteiger partial charge in [-0.25, -0.2) is 0 Å². The first-order valence-corrected chi connectivity index (χ1v) is 6.16. The molecule has 2 aromatic heterocycles. The van der Waals surface area contributed by atoms with Gasteiger partial charge in [0.1, 0.15) is 0 Å². The Morgan fingerprint density at radius 2 is 2.00 bits per heavy atom. The van der Waals surface area contributed by atoms with Gasteiger partial charge in [0, 0.05) is 17.3 Å². The number of aromatic amines is 2. The number of carbonyl (C=O) groups excluding carboxylic acids is 1. The van der Waals surface area contributed by atoms with Crippen LogP contribution in [-0.4, -0.2) is 26.3 Å². The van der Waals surface area contributed by atoms with Crippen molar-refractivity contribution in [1.29, 1.82) is 0 Å². The first-order chi connectivity index (χ1) is 9.74. The zero-order valence-corrected chi connectivity index (χ0v) is 10.8. The zero-order chi connectivity index (χ0) is 13.9. The Labute approximate surface area is 115 Å². The Kier molecular flexibility index (Phi) is 3.04. The molecule has 0 saturated carbocycles. The van der Waals surface area contributed by atoms with Crippen LogP contribution >= 0.6 is 0 Å². The second-order valence-electron chi connectivity index (χ2n) is 4.42. The van der Waals surface area contributed by atoms with Crippen molar-refractivity contribution in [1.82, 2.24) is 20.4 Å². The van der Waals surface area contributed by atoms with Gasteiger partial charge >= 0.3 is 0 Å². The molecule has 1 aromatic carbocycles. The second kappa shape index (κ2) is 5.00. The molecule has 100 valence electrons. The lowest BCUT2D eigenvalue weighted by Crippen LogP contribution is -2.12. The lowest BCUT2D eigenvalue weighted by atomic mass is 10.1. The number of hydrogen-bond donors (Lipinski definition) is 3. The lowest BCUT2D eigenvalue weighted by molar-refractivity contribution is 0.102. The number of aryl methyl sites for hydroxylation is 1. The van der Waals surface area contributed by atoms with E-state index in [1.165, 1.54) is 6.20 Å². The number of nitrogens with one attached hydrogen (secondary N) is 3. The van der Waals surface area contributed by atoms with Crippen LogP contribution in [-0.2, 0) is 0 Å². The molecule has 0 aliphatic carbocycles. The van der Waals surface area contributed by atoms with E-state index in [-0.39, 0.29) is 5.91 Å². The standard InChI is InChI=1S/C14H13N5O/c1-9-7-12(18-17-9)16-14(20)11-8-15-19-13(11)10-5-3-2-4-6-10/h2-8H,1H3,(H,15,19)(H2,16,17,18,20). The van der Waals surface area contributed by atoms with Gasteiger partial charge in [0.25, 0.3) is 5.91 Å². The van der Waals surface area contributed by atoms with Gasteiger partial charge in [0.2, 0.25) is 0 Å². The van der Waals surface area contributed by atoms with Gasteiger partial charge in [0.05, 0.1) is 17.5 Å². The van der Waals surface area contributed by atoms with Crippen molar-refractivity contribution in [3.05, 3.63) is 53.9 Å². The number of aromatic nitrogens is 4. The number of benzene rings is 1. The first-order valence-electron chi connectivity index (χ1n) is 6.16. The number of carbonyl (C=O) groups is 1. The van der Waals surface area contributed by atoms with E-state index < -0.39 is 0 Å². The maximum atomic E-state index is 12.3. The molecule has 0 fully saturated rings. The topological polar surface area (TPSA) is 86.5 Å². The van der Waals surface area contributed by atoms with Crippen molar-refractivity contribution in [2.45, 2.75) is 6.92 Å². The number of rotatable bonds is 3. The van der Waals surface area contributed by atoms with E-state index in [1.54, 1.807) is 6.07 Å². The molecule has 0 saturated heterocycles. The molecule has 0 atom stereocenters. The molecular formula is C14H13N5O. The van der Waals surface area contributed by atoms with Crippen LogP contribution in [0.2, 0.25) is 0 Å². The van der Waals surface area contributed by atoms with Crippen molar-refractivity contribution < 1.29 is 4.79 Å². The van der Waals surface area contributed by atoms with Crippen molar-refractivity contribution in [2.75, 3.05) is 5.32 Å². The van der Waals surface area contributed by atoms with E-state index in [0.717, 1.165) is 11.3 Å². The maximum absolute atomic E-state index is 12.3. The third-order valence-corrected chi connectivity index (χ3v) is 2.89. The average molecular weight is 267 g/mol. The Balaban J connectivity index is 1.88. The summed E-state index contributed by atoms with van der Waals surface area (Å²) < 4.78 is 0. The van der Waals surface area contributed by atoms with E-state index in [0.29, 0.717) is 17.1 Å². The number of amides is 1. The molecule has 0 aliphatic heterocycles. The molecule has 0 spiro atoms. The Hall–Kier alpha value is -2.89. The third-order valence-electron chi connectivity index (χ3n) is 2.89. The summed E-state index contributed by atoms with van der Waals surface area (Å²) in [6.07, 6.45) is 1.51. The first kappa shape index (κ1) is 12.2. The molecule has 6 heteroatoms. The Morgan fingerprint density at radius 1 is 1.20 bits per heavy atom. The largest absolute Gasteiger partial charge is 0.305 e. The highest BCUT2D eigenvalue weighted by atomic mass is 16.1. The predicted molar refractivity (Wildman–Crippen MR) is 75.3 cm³/mol. The second-order valence-corrected chi connectivity index (χ2v) is 4.42. The lowest BCUT2D eigenvalue weighted by Gasteiger charge is -2.03. The summed E-state index contributed by atoms with van der Waals surface area (Å²) >= 11 is 0. The molecule has 1 amide bonds. The minimum atomic E-state index is -0.246. The minimum Gasteiger partial charge on any atom is -0.305 e. The molecule has 3 rings (SSSR count). The minimum absolute atomic E-state index is 0.246. The van der Waals surface area contributed by atoms with Crippen molar-refractivity contribution in [3.8, 4) is 11.3 Å². The molecule has 20 heavy (non-hydrogen) atoms. The van der Waals surface area contributed by atoms with Crippen LogP contribution in [0, 0.1) is 6.92 Å². The van der Waals surface area contributed by atoms with Crippen LogP contribution in [0.15, 0.2) is 42.6 Å². The third kappa shape index (κ3) is 2.31.